The number of anilines is 1. The van der Waals surface area contributed by atoms with Gasteiger partial charge in [0.25, 0.3) is 5.91 Å². The van der Waals surface area contributed by atoms with Crippen LogP contribution in [0.4, 0.5) is 18.9 Å². The Kier molecular flexibility index (Phi) is 7.47. The fourth-order valence-electron chi connectivity index (χ4n) is 3.13. The molecule has 174 valence electrons. The van der Waals surface area contributed by atoms with Crippen molar-refractivity contribution in [2.24, 2.45) is 0 Å². The van der Waals surface area contributed by atoms with Gasteiger partial charge in [-0.1, -0.05) is 6.07 Å². The molecule has 0 aliphatic heterocycles. The fourth-order valence-corrected chi connectivity index (χ4v) is 3.13. The van der Waals surface area contributed by atoms with Crippen LogP contribution in [0.1, 0.15) is 42.1 Å². The maximum atomic E-state index is 12.9. The minimum Gasteiger partial charge on any atom is -0.421 e. The monoisotopic (exact) mass is 460 g/mol. The molecule has 3 aromatic rings. The largest absolute Gasteiger partial charge is 0.421 e. The quantitative estimate of drug-likeness (QED) is 0.521. The van der Waals surface area contributed by atoms with E-state index in [4.69, 9.17) is 4.42 Å². The highest BCUT2D eigenvalue weighted by Crippen LogP contribution is 2.31. The molecule has 0 aliphatic carbocycles. The molecule has 0 bridgehead atoms. The molecule has 0 saturated carbocycles. The van der Waals surface area contributed by atoms with E-state index in [1.165, 1.54) is 12.1 Å². The first kappa shape index (κ1) is 24.0. The van der Waals surface area contributed by atoms with Gasteiger partial charge in [0.15, 0.2) is 0 Å². The Bertz CT molecular complexity index is 1110. The Morgan fingerprint density at radius 2 is 1.73 bits per heavy atom. The summed E-state index contributed by atoms with van der Waals surface area (Å²) in [6.45, 7) is 5.03. The number of carbonyl (C=O) groups excluding carboxylic acids is 2. The summed E-state index contributed by atoms with van der Waals surface area (Å²) < 4.78 is 44.0. The smallest absolute Gasteiger partial charge is 0.416 e. The van der Waals surface area contributed by atoms with Crippen LogP contribution >= 0.6 is 0 Å². The number of hydrogen-bond donors (Lipinski definition) is 1. The van der Waals surface area contributed by atoms with Crippen LogP contribution in [0.5, 0.6) is 0 Å². The van der Waals surface area contributed by atoms with Gasteiger partial charge in [0.1, 0.15) is 0 Å². The van der Waals surface area contributed by atoms with Crippen LogP contribution in [0, 0.1) is 0 Å². The van der Waals surface area contributed by atoms with Gasteiger partial charge >= 0.3 is 6.18 Å². The molecular formula is C23H23F3N4O3. The minimum absolute atomic E-state index is 0.0321. The predicted octanol–water partition coefficient (Wildman–Crippen LogP) is 4.81. The molecule has 0 atom stereocenters. The van der Waals surface area contributed by atoms with Gasteiger partial charge in [-0.2, -0.15) is 13.2 Å². The normalized spacial score (nSPS) is 11.3. The van der Waals surface area contributed by atoms with Crippen LogP contribution < -0.4 is 5.32 Å². The highest BCUT2D eigenvalue weighted by Gasteiger charge is 2.30. The van der Waals surface area contributed by atoms with Crippen LogP contribution in [0.3, 0.4) is 0 Å². The lowest BCUT2D eigenvalue weighted by atomic mass is 10.1. The summed E-state index contributed by atoms with van der Waals surface area (Å²) in [5.41, 5.74) is 0.396. The van der Waals surface area contributed by atoms with Gasteiger partial charge < -0.3 is 14.6 Å². The number of amides is 2. The molecule has 1 aromatic heterocycles. The summed E-state index contributed by atoms with van der Waals surface area (Å²) in [6, 6.07) is 11.2. The molecule has 1 N–H and O–H groups in total. The molecule has 2 amide bonds. The van der Waals surface area contributed by atoms with E-state index in [0.29, 0.717) is 24.3 Å². The lowest BCUT2D eigenvalue weighted by molar-refractivity contribution is -0.137. The molecule has 2 aromatic carbocycles. The Labute approximate surface area is 188 Å². The van der Waals surface area contributed by atoms with E-state index in [9.17, 15) is 22.8 Å². The van der Waals surface area contributed by atoms with Crippen molar-refractivity contribution in [3.05, 3.63) is 65.5 Å². The fraction of sp³-hybridized carbons (Fsp3) is 0.304. The topological polar surface area (TPSA) is 88.3 Å². The minimum atomic E-state index is -4.48. The van der Waals surface area contributed by atoms with Crippen LogP contribution in [0.15, 0.2) is 52.9 Å². The summed E-state index contributed by atoms with van der Waals surface area (Å²) in [6.07, 6.45) is -4.32. The number of nitrogens with zero attached hydrogens (tertiary/aromatic N) is 3. The van der Waals surface area contributed by atoms with Gasteiger partial charge in [0.2, 0.25) is 17.7 Å². The molecule has 33 heavy (non-hydrogen) atoms. The molecule has 0 radical (unpaired) electrons. The summed E-state index contributed by atoms with van der Waals surface area (Å²) >= 11 is 0. The summed E-state index contributed by atoms with van der Waals surface area (Å²) in [4.78, 5) is 26.3. The second-order valence-corrected chi connectivity index (χ2v) is 7.18. The van der Waals surface area contributed by atoms with E-state index in [2.05, 4.69) is 15.5 Å². The van der Waals surface area contributed by atoms with Gasteiger partial charge in [-0.25, -0.2) is 0 Å². The highest BCUT2D eigenvalue weighted by molar-refractivity contribution is 5.95. The summed E-state index contributed by atoms with van der Waals surface area (Å²) in [7, 11) is 0. The Morgan fingerprint density at radius 3 is 2.36 bits per heavy atom. The molecule has 0 fully saturated rings. The number of halogens is 3. The number of aromatic nitrogens is 2. The van der Waals surface area contributed by atoms with E-state index in [1.54, 1.807) is 29.2 Å². The zero-order chi connectivity index (χ0) is 24.0. The summed E-state index contributed by atoms with van der Waals surface area (Å²) in [5, 5.41) is 10.3. The number of aryl methyl sites for hydroxylation is 1. The van der Waals surface area contributed by atoms with Crippen molar-refractivity contribution in [2.45, 2.75) is 32.9 Å². The second kappa shape index (κ2) is 10.3. The molecule has 3 rings (SSSR count). The average Bonchev–Trinajstić information content (AvgIpc) is 3.28. The van der Waals surface area contributed by atoms with Crippen molar-refractivity contribution in [3.63, 3.8) is 0 Å². The first-order valence-electron chi connectivity index (χ1n) is 10.4. The Hall–Kier alpha value is -3.69. The van der Waals surface area contributed by atoms with Crippen molar-refractivity contribution in [3.8, 4) is 11.5 Å². The molecule has 0 saturated heterocycles. The van der Waals surface area contributed by atoms with Gasteiger partial charge in [-0.05, 0) is 56.3 Å². The van der Waals surface area contributed by atoms with E-state index in [0.717, 1.165) is 12.1 Å². The lowest BCUT2D eigenvalue weighted by Crippen LogP contribution is -2.30. The van der Waals surface area contributed by atoms with E-state index >= 15 is 0 Å². The third-order valence-corrected chi connectivity index (χ3v) is 4.94. The first-order valence-corrected chi connectivity index (χ1v) is 10.4. The maximum absolute atomic E-state index is 12.9. The van der Waals surface area contributed by atoms with Crippen LogP contribution in [-0.2, 0) is 17.4 Å². The Morgan fingerprint density at radius 1 is 1.03 bits per heavy atom. The van der Waals surface area contributed by atoms with Crippen molar-refractivity contribution < 1.29 is 27.2 Å². The number of benzene rings is 2. The van der Waals surface area contributed by atoms with Gasteiger partial charge in [-0.3, -0.25) is 9.59 Å². The standard InChI is InChI=1S/C23H23F3N4O3/c1-3-30(4-2)22(32)15-8-10-18(11-9-15)27-19(31)12-13-20-28-29-21(33-20)16-6-5-7-17(14-16)23(24,25)26/h5-11,14H,3-4,12-13H2,1-2H3,(H,27,31). The molecule has 0 unspecified atom stereocenters. The first-order chi connectivity index (χ1) is 15.7. The number of nitrogens with one attached hydrogen (secondary N) is 1. The Balaban J connectivity index is 1.56. The SMILES string of the molecule is CCN(CC)C(=O)c1ccc(NC(=O)CCc2nnc(-c3cccc(C(F)(F)F)c3)o2)cc1. The van der Waals surface area contributed by atoms with Crippen LogP contribution in [-0.4, -0.2) is 40.0 Å². The highest BCUT2D eigenvalue weighted by atomic mass is 19.4. The van der Waals surface area contributed by atoms with Gasteiger partial charge in [0, 0.05) is 42.7 Å². The third-order valence-electron chi connectivity index (χ3n) is 4.94. The zero-order valence-corrected chi connectivity index (χ0v) is 18.1. The molecule has 1 heterocycles. The maximum Gasteiger partial charge on any atom is 0.416 e. The van der Waals surface area contributed by atoms with Crippen molar-refractivity contribution in [1.82, 2.24) is 15.1 Å². The number of rotatable bonds is 8. The van der Waals surface area contributed by atoms with Gasteiger partial charge in [0.05, 0.1) is 5.56 Å². The van der Waals surface area contributed by atoms with Crippen molar-refractivity contribution in [1.29, 1.82) is 0 Å². The second-order valence-electron chi connectivity index (χ2n) is 7.18. The van der Waals surface area contributed by atoms with Crippen LogP contribution in [0.2, 0.25) is 0 Å². The van der Waals surface area contributed by atoms with Gasteiger partial charge in [-0.15, -0.1) is 10.2 Å². The molecule has 7 nitrogen and oxygen atoms in total. The summed E-state index contributed by atoms with van der Waals surface area (Å²) in [5.74, 6) is -0.301. The van der Waals surface area contributed by atoms with E-state index in [-0.39, 0.29) is 42.0 Å². The van der Waals surface area contributed by atoms with Crippen LogP contribution in [0.25, 0.3) is 11.5 Å². The van der Waals surface area contributed by atoms with Crippen molar-refractivity contribution >= 4 is 17.5 Å². The predicted molar refractivity (Wildman–Crippen MR) is 115 cm³/mol. The van der Waals surface area contributed by atoms with Crippen molar-refractivity contribution in [2.75, 3.05) is 18.4 Å². The number of carbonyl (C=O) groups is 2. The van der Waals surface area contributed by atoms with E-state index < -0.39 is 11.7 Å². The molecule has 0 spiro atoms. The molecular weight excluding hydrogens is 437 g/mol. The number of alkyl halides is 3. The third kappa shape index (κ3) is 6.18. The lowest BCUT2D eigenvalue weighted by Gasteiger charge is -2.18. The molecule has 0 aliphatic rings. The molecule has 10 heteroatoms. The number of hydrogen-bond acceptors (Lipinski definition) is 5. The average molecular weight is 460 g/mol. The van der Waals surface area contributed by atoms with E-state index in [1.807, 2.05) is 13.8 Å². The zero-order valence-electron chi connectivity index (χ0n) is 18.1.